The first-order valence-electron chi connectivity index (χ1n) is 7.96. The number of fused-ring (bicyclic) bond motifs is 1. The summed E-state index contributed by atoms with van der Waals surface area (Å²) in [5, 5.41) is 1.10. The summed E-state index contributed by atoms with van der Waals surface area (Å²) < 4.78 is 18.5. The third-order valence-corrected chi connectivity index (χ3v) is 4.50. The fourth-order valence-electron chi connectivity index (χ4n) is 2.86. The first-order chi connectivity index (χ1) is 11.9. The van der Waals surface area contributed by atoms with E-state index in [2.05, 4.69) is 4.98 Å². The van der Waals surface area contributed by atoms with Gasteiger partial charge >= 0.3 is 5.97 Å². The highest BCUT2D eigenvalue weighted by atomic mass is 35.5. The van der Waals surface area contributed by atoms with E-state index in [4.69, 9.17) is 16.3 Å². The first kappa shape index (κ1) is 17.4. The van der Waals surface area contributed by atoms with Crippen LogP contribution in [0.1, 0.15) is 28.5 Å². The zero-order chi connectivity index (χ0) is 18.1. The summed E-state index contributed by atoms with van der Waals surface area (Å²) in [6.07, 6.45) is 0. The number of hydrogen-bond acceptors (Lipinski definition) is 3. The maximum Gasteiger partial charge on any atom is 0.338 e. The standard InChI is InChI=1S/C20H17ClFNO2/c1-4-25-20(24)13-5-8-18-16(9-13)19(11(2)12(3)23-18)15-7-6-14(22)10-17(15)21/h5-10H,4H2,1-3H3. The van der Waals surface area contributed by atoms with Gasteiger partial charge in [0.15, 0.2) is 0 Å². The zero-order valence-corrected chi connectivity index (χ0v) is 14.9. The van der Waals surface area contributed by atoms with Crippen LogP contribution in [-0.2, 0) is 4.74 Å². The Morgan fingerprint density at radius 3 is 2.64 bits per heavy atom. The number of ether oxygens (including phenoxy) is 1. The molecular weight excluding hydrogens is 341 g/mol. The Labute approximate surface area is 150 Å². The molecule has 0 N–H and O–H groups in total. The summed E-state index contributed by atoms with van der Waals surface area (Å²) in [6.45, 7) is 5.92. The molecular formula is C20H17ClFNO2. The highest BCUT2D eigenvalue weighted by molar-refractivity contribution is 6.33. The van der Waals surface area contributed by atoms with Crippen LogP contribution in [-0.4, -0.2) is 17.6 Å². The van der Waals surface area contributed by atoms with Gasteiger partial charge in [0.05, 0.1) is 22.7 Å². The van der Waals surface area contributed by atoms with Crippen LogP contribution in [0.2, 0.25) is 5.02 Å². The smallest absolute Gasteiger partial charge is 0.338 e. The molecule has 5 heteroatoms. The summed E-state index contributed by atoms with van der Waals surface area (Å²) in [7, 11) is 0. The topological polar surface area (TPSA) is 39.2 Å². The van der Waals surface area contributed by atoms with Crippen LogP contribution in [0.3, 0.4) is 0 Å². The van der Waals surface area contributed by atoms with Crippen molar-refractivity contribution in [1.29, 1.82) is 0 Å². The number of rotatable bonds is 3. The number of benzene rings is 2. The molecule has 0 unspecified atom stereocenters. The monoisotopic (exact) mass is 357 g/mol. The maximum atomic E-state index is 13.5. The molecule has 0 spiro atoms. The molecule has 0 saturated heterocycles. The Morgan fingerprint density at radius 1 is 1.20 bits per heavy atom. The molecule has 3 nitrogen and oxygen atoms in total. The van der Waals surface area contributed by atoms with Gasteiger partial charge in [-0.1, -0.05) is 11.6 Å². The number of aromatic nitrogens is 1. The number of aryl methyl sites for hydroxylation is 1. The normalized spacial score (nSPS) is 10.9. The number of esters is 1. The van der Waals surface area contributed by atoms with Gasteiger partial charge in [-0.3, -0.25) is 4.98 Å². The third-order valence-electron chi connectivity index (χ3n) is 4.18. The van der Waals surface area contributed by atoms with Gasteiger partial charge in [0.1, 0.15) is 5.82 Å². The molecule has 0 aliphatic carbocycles. The van der Waals surface area contributed by atoms with Gasteiger partial charge in [0.2, 0.25) is 0 Å². The van der Waals surface area contributed by atoms with Gasteiger partial charge in [-0.2, -0.15) is 0 Å². The van der Waals surface area contributed by atoms with Crippen molar-refractivity contribution >= 4 is 28.5 Å². The van der Waals surface area contributed by atoms with Gasteiger partial charge in [0, 0.05) is 16.6 Å². The number of carbonyl (C=O) groups is 1. The zero-order valence-electron chi connectivity index (χ0n) is 14.2. The Bertz CT molecular complexity index is 985. The molecule has 1 aromatic heterocycles. The summed E-state index contributed by atoms with van der Waals surface area (Å²) in [4.78, 5) is 16.7. The van der Waals surface area contributed by atoms with Crippen molar-refractivity contribution in [1.82, 2.24) is 4.98 Å². The van der Waals surface area contributed by atoms with E-state index in [1.165, 1.54) is 12.1 Å². The van der Waals surface area contributed by atoms with Crippen LogP contribution >= 0.6 is 11.6 Å². The van der Waals surface area contributed by atoms with E-state index in [1.54, 1.807) is 31.2 Å². The molecule has 0 aliphatic rings. The highest BCUT2D eigenvalue weighted by Gasteiger charge is 2.17. The number of hydrogen-bond donors (Lipinski definition) is 0. The summed E-state index contributed by atoms with van der Waals surface area (Å²) in [5.74, 6) is -0.785. The van der Waals surface area contributed by atoms with E-state index in [-0.39, 0.29) is 0 Å². The fourth-order valence-corrected chi connectivity index (χ4v) is 3.12. The summed E-state index contributed by atoms with van der Waals surface area (Å²) >= 11 is 6.29. The molecule has 0 bridgehead atoms. The molecule has 1 heterocycles. The summed E-state index contributed by atoms with van der Waals surface area (Å²) in [6, 6.07) is 9.54. The molecule has 128 valence electrons. The third kappa shape index (κ3) is 3.22. The lowest BCUT2D eigenvalue weighted by atomic mass is 9.94. The number of nitrogens with zero attached hydrogens (tertiary/aromatic N) is 1. The van der Waals surface area contributed by atoms with Gasteiger partial charge < -0.3 is 4.74 Å². The van der Waals surface area contributed by atoms with E-state index >= 15 is 0 Å². The molecule has 0 atom stereocenters. The van der Waals surface area contributed by atoms with E-state index in [9.17, 15) is 9.18 Å². The van der Waals surface area contributed by atoms with E-state index in [0.29, 0.717) is 22.8 Å². The van der Waals surface area contributed by atoms with Crippen LogP contribution in [0.15, 0.2) is 36.4 Å². The van der Waals surface area contributed by atoms with Crippen molar-refractivity contribution in [3.63, 3.8) is 0 Å². The largest absolute Gasteiger partial charge is 0.462 e. The van der Waals surface area contributed by atoms with E-state index in [1.807, 2.05) is 13.8 Å². The van der Waals surface area contributed by atoms with Crippen LogP contribution in [0.4, 0.5) is 4.39 Å². The maximum absolute atomic E-state index is 13.5. The van der Waals surface area contributed by atoms with Gasteiger partial charge in [-0.25, -0.2) is 9.18 Å². The minimum Gasteiger partial charge on any atom is -0.462 e. The molecule has 0 radical (unpaired) electrons. The number of pyridine rings is 1. The molecule has 0 fully saturated rings. The molecule has 25 heavy (non-hydrogen) atoms. The minimum atomic E-state index is -0.395. The second kappa shape index (κ2) is 6.81. The van der Waals surface area contributed by atoms with Crippen LogP contribution < -0.4 is 0 Å². The molecule has 3 aromatic rings. The van der Waals surface area contributed by atoms with Crippen molar-refractivity contribution in [3.8, 4) is 11.1 Å². The highest BCUT2D eigenvalue weighted by Crippen LogP contribution is 2.37. The number of carbonyl (C=O) groups excluding carboxylic acids is 1. The SMILES string of the molecule is CCOC(=O)c1ccc2nc(C)c(C)c(-c3ccc(F)cc3Cl)c2c1. The van der Waals surface area contributed by atoms with Crippen molar-refractivity contribution in [2.75, 3.05) is 6.61 Å². The Morgan fingerprint density at radius 2 is 1.96 bits per heavy atom. The molecule has 0 saturated carbocycles. The van der Waals surface area contributed by atoms with Crippen LogP contribution in [0.5, 0.6) is 0 Å². The van der Waals surface area contributed by atoms with Crippen molar-refractivity contribution in [2.24, 2.45) is 0 Å². The van der Waals surface area contributed by atoms with Crippen molar-refractivity contribution < 1.29 is 13.9 Å². The minimum absolute atomic E-state index is 0.304. The van der Waals surface area contributed by atoms with Crippen LogP contribution in [0, 0.1) is 19.7 Å². The molecule has 0 amide bonds. The van der Waals surface area contributed by atoms with E-state index < -0.39 is 11.8 Å². The van der Waals surface area contributed by atoms with Gasteiger partial charge in [-0.05, 0) is 68.3 Å². The van der Waals surface area contributed by atoms with Gasteiger partial charge in [0.25, 0.3) is 0 Å². The average molecular weight is 358 g/mol. The lowest BCUT2D eigenvalue weighted by molar-refractivity contribution is 0.0526. The quantitative estimate of drug-likeness (QED) is 0.582. The Hall–Kier alpha value is -2.46. The van der Waals surface area contributed by atoms with Crippen LogP contribution in [0.25, 0.3) is 22.0 Å². The van der Waals surface area contributed by atoms with Crippen molar-refractivity contribution in [3.05, 3.63) is 64.1 Å². The Balaban J connectivity index is 2.33. The van der Waals surface area contributed by atoms with Crippen molar-refractivity contribution in [2.45, 2.75) is 20.8 Å². The lowest BCUT2D eigenvalue weighted by Gasteiger charge is -2.15. The summed E-state index contributed by atoms with van der Waals surface area (Å²) in [5.41, 5.74) is 4.52. The molecule has 3 rings (SSSR count). The first-order valence-corrected chi connectivity index (χ1v) is 8.33. The van der Waals surface area contributed by atoms with Gasteiger partial charge in [-0.15, -0.1) is 0 Å². The number of halogens is 2. The average Bonchev–Trinajstić information content (AvgIpc) is 2.57. The molecule has 0 aliphatic heterocycles. The second-order valence-corrected chi connectivity index (χ2v) is 6.18. The lowest BCUT2D eigenvalue weighted by Crippen LogP contribution is -2.05. The predicted molar refractivity (Wildman–Crippen MR) is 97.6 cm³/mol. The second-order valence-electron chi connectivity index (χ2n) is 5.77. The fraction of sp³-hybridized carbons (Fsp3) is 0.200. The predicted octanol–water partition coefficient (Wildman–Crippen LogP) is 5.49. The van der Waals surface area contributed by atoms with E-state index in [0.717, 1.165) is 27.7 Å². The Kier molecular flexibility index (Phi) is 4.73. The molecule has 2 aromatic carbocycles.